The molecular weight excluding hydrogens is 292 g/mol. The summed E-state index contributed by atoms with van der Waals surface area (Å²) >= 11 is 2.82. The van der Waals surface area contributed by atoms with Crippen LogP contribution in [-0.2, 0) is 6.42 Å². The van der Waals surface area contributed by atoms with E-state index < -0.39 is 0 Å². The first-order valence-electron chi connectivity index (χ1n) is 6.02. The Morgan fingerprint density at radius 2 is 2.30 bits per heavy atom. The number of nitrogens with zero attached hydrogens (tertiary/aromatic N) is 2. The number of hydrogen-bond acceptors (Lipinski definition) is 6. The molecule has 0 unspecified atom stereocenters. The number of thiazole rings is 1. The van der Waals surface area contributed by atoms with Gasteiger partial charge in [0.2, 0.25) is 0 Å². The lowest BCUT2D eigenvalue weighted by molar-refractivity contribution is 0.102. The van der Waals surface area contributed by atoms with Gasteiger partial charge in [0, 0.05) is 16.7 Å². The maximum absolute atomic E-state index is 12.1. The van der Waals surface area contributed by atoms with Crippen LogP contribution in [0.5, 0.6) is 0 Å². The smallest absolute Gasteiger partial charge is 0.275 e. The SMILES string of the molecule is Cc1sc(NC(=O)c2csc(CCN)n2)c(C#N)c1C. The molecule has 3 N–H and O–H groups in total. The Balaban J connectivity index is 2.19. The van der Waals surface area contributed by atoms with Crippen molar-refractivity contribution in [3.8, 4) is 6.07 Å². The zero-order valence-electron chi connectivity index (χ0n) is 11.2. The van der Waals surface area contributed by atoms with Gasteiger partial charge < -0.3 is 11.1 Å². The lowest BCUT2D eigenvalue weighted by atomic mass is 10.2. The summed E-state index contributed by atoms with van der Waals surface area (Å²) in [6, 6.07) is 2.13. The molecule has 0 radical (unpaired) electrons. The molecule has 7 heteroatoms. The summed E-state index contributed by atoms with van der Waals surface area (Å²) in [6.45, 7) is 4.32. The van der Waals surface area contributed by atoms with Crippen LogP contribution in [0.4, 0.5) is 5.00 Å². The van der Waals surface area contributed by atoms with Crippen LogP contribution in [0.15, 0.2) is 5.38 Å². The van der Waals surface area contributed by atoms with Crippen molar-refractivity contribution in [1.29, 1.82) is 5.26 Å². The van der Waals surface area contributed by atoms with E-state index in [9.17, 15) is 4.79 Å². The molecule has 2 heterocycles. The predicted octanol–water partition coefficient (Wildman–Crippen LogP) is 2.45. The van der Waals surface area contributed by atoms with E-state index in [0.717, 1.165) is 15.4 Å². The number of amides is 1. The van der Waals surface area contributed by atoms with Crippen LogP contribution in [-0.4, -0.2) is 17.4 Å². The molecule has 0 bridgehead atoms. The van der Waals surface area contributed by atoms with Crippen molar-refractivity contribution in [3.63, 3.8) is 0 Å². The summed E-state index contributed by atoms with van der Waals surface area (Å²) in [4.78, 5) is 17.4. The van der Waals surface area contributed by atoms with E-state index in [4.69, 9.17) is 11.0 Å². The highest BCUT2D eigenvalue weighted by Gasteiger charge is 2.17. The third-order valence-corrected chi connectivity index (χ3v) is 4.90. The molecule has 0 saturated heterocycles. The molecule has 0 aliphatic rings. The Kier molecular flexibility index (Phi) is 4.49. The van der Waals surface area contributed by atoms with E-state index in [1.165, 1.54) is 22.7 Å². The predicted molar refractivity (Wildman–Crippen MR) is 81.3 cm³/mol. The Labute approximate surface area is 125 Å². The van der Waals surface area contributed by atoms with Crippen molar-refractivity contribution < 1.29 is 4.79 Å². The first-order valence-corrected chi connectivity index (χ1v) is 7.72. The number of rotatable bonds is 4. The minimum absolute atomic E-state index is 0.290. The van der Waals surface area contributed by atoms with Crippen LogP contribution in [0, 0.1) is 25.2 Å². The largest absolute Gasteiger partial charge is 0.330 e. The molecule has 2 aromatic heterocycles. The van der Waals surface area contributed by atoms with Crippen LogP contribution in [0.25, 0.3) is 0 Å². The van der Waals surface area contributed by atoms with Gasteiger partial charge in [0.05, 0.1) is 10.6 Å². The average Bonchev–Trinajstić information content (AvgIpc) is 2.97. The molecule has 104 valence electrons. The highest BCUT2D eigenvalue weighted by Crippen LogP contribution is 2.31. The van der Waals surface area contributed by atoms with Crippen molar-refractivity contribution in [2.24, 2.45) is 5.73 Å². The average molecular weight is 306 g/mol. The number of aryl methyl sites for hydroxylation is 1. The molecule has 0 aliphatic carbocycles. The highest BCUT2D eigenvalue weighted by atomic mass is 32.1. The van der Waals surface area contributed by atoms with Gasteiger partial charge in [-0.05, 0) is 26.0 Å². The van der Waals surface area contributed by atoms with E-state index in [0.29, 0.717) is 29.2 Å². The minimum atomic E-state index is -0.290. The molecule has 0 aromatic carbocycles. The zero-order chi connectivity index (χ0) is 14.7. The van der Waals surface area contributed by atoms with Gasteiger partial charge in [-0.3, -0.25) is 4.79 Å². The fourth-order valence-electron chi connectivity index (χ4n) is 1.67. The van der Waals surface area contributed by atoms with Gasteiger partial charge in [-0.25, -0.2) is 4.98 Å². The third-order valence-electron chi connectivity index (χ3n) is 2.87. The maximum Gasteiger partial charge on any atom is 0.275 e. The fourth-order valence-corrected chi connectivity index (χ4v) is 3.47. The Morgan fingerprint density at radius 3 is 2.95 bits per heavy atom. The van der Waals surface area contributed by atoms with E-state index >= 15 is 0 Å². The molecule has 0 atom stereocenters. The summed E-state index contributed by atoms with van der Waals surface area (Å²) in [5, 5.41) is 15.0. The van der Waals surface area contributed by atoms with Crippen LogP contribution >= 0.6 is 22.7 Å². The van der Waals surface area contributed by atoms with Crippen LogP contribution in [0.1, 0.15) is 31.5 Å². The molecule has 2 aromatic rings. The molecule has 0 fully saturated rings. The molecule has 0 aliphatic heterocycles. The van der Waals surface area contributed by atoms with Crippen molar-refractivity contribution in [2.45, 2.75) is 20.3 Å². The summed E-state index contributed by atoms with van der Waals surface area (Å²) < 4.78 is 0. The summed E-state index contributed by atoms with van der Waals surface area (Å²) in [7, 11) is 0. The van der Waals surface area contributed by atoms with Crippen molar-refractivity contribution in [3.05, 3.63) is 32.1 Å². The second kappa shape index (κ2) is 6.13. The van der Waals surface area contributed by atoms with Gasteiger partial charge in [0.1, 0.15) is 16.8 Å². The van der Waals surface area contributed by atoms with E-state index in [2.05, 4.69) is 16.4 Å². The second-order valence-corrected chi connectivity index (χ2v) is 6.39. The molecule has 2 rings (SSSR count). The number of thiophene rings is 1. The van der Waals surface area contributed by atoms with Gasteiger partial charge in [-0.15, -0.1) is 22.7 Å². The second-order valence-electron chi connectivity index (χ2n) is 4.22. The van der Waals surface area contributed by atoms with Crippen molar-refractivity contribution >= 4 is 33.6 Å². The highest BCUT2D eigenvalue weighted by molar-refractivity contribution is 7.16. The topological polar surface area (TPSA) is 91.8 Å². The van der Waals surface area contributed by atoms with E-state index in [1.54, 1.807) is 5.38 Å². The van der Waals surface area contributed by atoms with Crippen molar-refractivity contribution in [1.82, 2.24) is 4.98 Å². The lowest BCUT2D eigenvalue weighted by Gasteiger charge is -2.00. The minimum Gasteiger partial charge on any atom is -0.330 e. The molecule has 20 heavy (non-hydrogen) atoms. The Hall–Kier alpha value is -1.75. The quantitative estimate of drug-likeness (QED) is 0.907. The summed E-state index contributed by atoms with van der Waals surface area (Å²) in [5.74, 6) is -0.290. The van der Waals surface area contributed by atoms with Gasteiger partial charge in [-0.1, -0.05) is 0 Å². The first-order chi connectivity index (χ1) is 9.56. The van der Waals surface area contributed by atoms with E-state index in [1.807, 2.05) is 13.8 Å². The van der Waals surface area contributed by atoms with Gasteiger partial charge in [0.25, 0.3) is 5.91 Å². The lowest BCUT2D eigenvalue weighted by Crippen LogP contribution is -2.12. The Morgan fingerprint density at radius 1 is 1.55 bits per heavy atom. The number of nitrogens with one attached hydrogen (secondary N) is 1. The summed E-state index contributed by atoms with van der Waals surface area (Å²) in [5.41, 5.74) is 7.26. The molecule has 0 spiro atoms. The number of nitriles is 1. The number of carbonyl (C=O) groups excluding carboxylic acids is 1. The van der Waals surface area contributed by atoms with Crippen LogP contribution < -0.4 is 11.1 Å². The zero-order valence-corrected chi connectivity index (χ0v) is 12.8. The molecule has 0 saturated carbocycles. The molecular formula is C13H14N4OS2. The molecule has 5 nitrogen and oxygen atoms in total. The number of carbonyl (C=O) groups is 1. The maximum atomic E-state index is 12.1. The normalized spacial score (nSPS) is 10.3. The van der Waals surface area contributed by atoms with Crippen LogP contribution in [0.3, 0.4) is 0 Å². The fraction of sp³-hybridized carbons (Fsp3) is 0.308. The van der Waals surface area contributed by atoms with Gasteiger partial charge in [-0.2, -0.15) is 5.26 Å². The summed E-state index contributed by atoms with van der Waals surface area (Å²) in [6.07, 6.45) is 0.665. The number of nitrogens with two attached hydrogens (primary N) is 1. The van der Waals surface area contributed by atoms with E-state index in [-0.39, 0.29) is 5.91 Å². The van der Waals surface area contributed by atoms with Crippen molar-refractivity contribution in [2.75, 3.05) is 11.9 Å². The first kappa shape index (κ1) is 14.7. The monoisotopic (exact) mass is 306 g/mol. The van der Waals surface area contributed by atoms with Gasteiger partial charge in [0.15, 0.2) is 0 Å². The number of hydrogen-bond donors (Lipinski definition) is 2. The molecule has 1 amide bonds. The number of aromatic nitrogens is 1. The number of anilines is 1. The van der Waals surface area contributed by atoms with Crippen LogP contribution in [0.2, 0.25) is 0 Å². The third kappa shape index (κ3) is 2.88. The Bertz CT molecular complexity index is 681. The van der Waals surface area contributed by atoms with Gasteiger partial charge >= 0.3 is 0 Å². The standard InChI is InChI=1S/C13H14N4OS2/c1-7-8(2)20-13(9(7)5-15)17-12(18)10-6-19-11(16-10)3-4-14/h6H,3-4,14H2,1-2H3,(H,17,18).